The lowest BCUT2D eigenvalue weighted by Gasteiger charge is -2.10. The van der Waals surface area contributed by atoms with Crippen LogP contribution in [0.25, 0.3) is 0 Å². The Labute approximate surface area is 125 Å². The van der Waals surface area contributed by atoms with Gasteiger partial charge in [0, 0.05) is 18.1 Å². The van der Waals surface area contributed by atoms with Gasteiger partial charge in [-0.2, -0.15) is 0 Å². The third-order valence-electron chi connectivity index (χ3n) is 2.42. The highest BCUT2D eigenvalue weighted by Gasteiger charge is 2.11. The molecule has 0 bridgehead atoms. The van der Waals surface area contributed by atoms with E-state index in [9.17, 15) is 4.79 Å². The van der Waals surface area contributed by atoms with Crippen molar-refractivity contribution in [3.8, 4) is 5.75 Å². The minimum absolute atomic E-state index is 0. The maximum Gasteiger partial charge on any atom is 0.255 e. The molecule has 0 saturated carbocycles. The van der Waals surface area contributed by atoms with Crippen LogP contribution in [0, 0.1) is 0 Å². The summed E-state index contributed by atoms with van der Waals surface area (Å²) < 4.78 is 5.13. The summed E-state index contributed by atoms with van der Waals surface area (Å²) in [6, 6.07) is 4.99. The van der Waals surface area contributed by atoms with Crippen molar-refractivity contribution >= 4 is 29.9 Å². The van der Waals surface area contributed by atoms with Gasteiger partial charge in [-0.15, -0.1) is 12.4 Å². The number of rotatable bonds is 7. The number of carbonyl (C=O) groups is 1. The van der Waals surface area contributed by atoms with Crippen LogP contribution in [-0.2, 0) is 0 Å². The fourth-order valence-corrected chi connectivity index (χ4v) is 1.69. The fourth-order valence-electron chi connectivity index (χ4n) is 1.52. The molecule has 0 heterocycles. The van der Waals surface area contributed by atoms with Gasteiger partial charge in [0.05, 0.1) is 12.7 Å². The average molecular weight is 307 g/mol. The molecule has 1 aromatic rings. The van der Waals surface area contributed by atoms with E-state index >= 15 is 0 Å². The van der Waals surface area contributed by atoms with Crippen molar-refractivity contribution in [1.82, 2.24) is 10.6 Å². The number of benzene rings is 1. The molecule has 108 valence electrons. The number of hydrogen-bond donors (Lipinski definition) is 2. The van der Waals surface area contributed by atoms with Crippen LogP contribution in [0.3, 0.4) is 0 Å². The van der Waals surface area contributed by atoms with E-state index in [-0.39, 0.29) is 18.3 Å². The maximum absolute atomic E-state index is 11.9. The molecule has 1 rings (SSSR count). The van der Waals surface area contributed by atoms with Crippen molar-refractivity contribution < 1.29 is 9.53 Å². The number of methoxy groups -OCH3 is 1. The lowest BCUT2D eigenvalue weighted by molar-refractivity contribution is 0.0951. The van der Waals surface area contributed by atoms with Crippen molar-refractivity contribution in [1.29, 1.82) is 0 Å². The fraction of sp³-hybridized carbons (Fsp3) is 0.462. The smallest absolute Gasteiger partial charge is 0.255 e. The normalized spacial score (nSPS) is 9.63. The summed E-state index contributed by atoms with van der Waals surface area (Å²) in [5.74, 6) is 0.353. The summed E-state index contributed by atoms with van der Waals surface area (Å²) in [6.45, 7) is 4.38. The van der Waals surface area contributed by atoms with Crippen LogP contribution in [0.15, 0.2) is 18.2 Å². The molecule has 2 N–H and O–H groups in total. The molecule has 0 aromatic heterocycles. The Morgan fingerprint density at radius 3 is 2.68 bits per heavy atom. The topological polar surface area (TPSA) is 50.4 Å². The molecule has 1 aromatic carbocycles. The molecule has 0 fully saturated rings. The van der Waals surface area contributed by atoms with E-state index < -0.39 is 0 Å². The van der Waals surface area contributed by atoms with Gasteiger partial charge in [-0.25, -0.2) is 0 Å². The van der Waals surface area contributed by atoms with E-state index in [1.165, 1.54) is 7.11 Å². The van der Waals surface area contributed by atoms with Gasteiger partial charge in [0.15, 0.2) is 0 Å². The van der Waals surface area contributed by atoms with Crippen molar-refractivity contribution in [2.45, 2.75) is 13.3 Å². The zero-order valence-electron chi connectivity index (χ0n) is 11.2. The van der Waals surface area contributed by atoms with Gasteiger partial charge in [0.2, 0.25) is 0 Å². The predicted octanol–water partition coefficient (Wildman–Crippen LogP) is 2.50. The van der Waals surface area contributed by atoms with E-state index in [0.717, 1.165) is 19.5 Å². The second-order valence-corrected chi connectivity index (χ2v) is 4.29. The molecule has 0 atom stereocenters. The summed E-state index contributed by atoms with van der Waals surface area (Å²) in [7, 11) is 1.53. The first-order valence-electron chi connectivity index (χ1n) is 6.01. The Kier molecular flexibility index (Phi) is 9.39. The van der Waals surface area contributed by atoms with Crippen LogP contribution in [0.4, 0.5) is 0 Å². The third-order valence-corrected chi connectivity index (χ3v) is 2.66. The van der Waals surface area contributed by atoms with E-state index in [1.807, 2.05) is 0 Å². The van der Waals surface area contributed by atoms with Crippen LogP contribution in [0.1, 0.15) is 23.7 Å². The Bertz CT molecular complexity index is 400. The summed E-state index contributed by atoms with van der Waals surface area (Å²) in [6.07, 6.45) is 1.08. The van der Waals surface area contributed by atoms with Crippen molar-refractivity contribution in [2.75, 3.05) is 26.7 Å². The van der Waals surface area contributed by atoms with Crippen molar-refractivity contribution in [3.05, 3.63) is 28.8 Å². The Morgan fingerprint density at radius 1 is 1.32 bits per heavy atom. The van der Waals surface area contributed by atoms with Gasteiger partial charge in [-0.05, 0) is 31.2 Å². The van der Waals surface area contributed by atoms with E-state index in [1.54, 1.807) is 18.2 Å². The van der Waals surface area contributed by atoms with Gasteiger partial charge < -0.3 is 15.4 Å². The number of halogens is 2. The first-order chi connectivity index (χ1) is 8.69. The molecule has 0 aliphatic heterocycles. The summed E-state index contributed by atoms with van der Waals surface area (Å²) in [5, 5.41) is 6.55. The second-order valence-electron chi connectivity index (χ2n) is 3.85. The SMILES string of the molecule is CCCNCCNC(=O)c1cc(Cl)ccc1OC.Cl. The Balaban J connectivity index is 0.00000324. The van der Waals surface area contributed by atoms with Crippen molar-refractivity contribution in [3.63, 3.8) is 0 Å². The molecule has 6 heteroatoms. The van der Waals surface area contributed by atoms with E-state index in [4.69, 9.17) is 16.3 Å². The zero-order chi connectivity index (χ0) is 13.4. The first-order valence-corrected chi connectivity index (χ1v) is 6.39. The standard InChI is InChI=1S/C13H19ClN2O2.ClH/c1-3-6-15-7-8-16-13(17)11-9-10(14)4-5-12(11)18-2;/h4-5,9,15H,3,6-8H2,1-2H3,(H,16,17);1H. The van der Waals surface area contributed by atoms with E-state index in [2.05, 4.69) is 17.6 Å². The lowest BCUT2D eigenvalue weighted by atomic mass is 10.2. The number of amides is 1. The molecule has 1 amide bonds. The molecular formula is C13H20Cl2N2O2. The van der Waals surface area contributed by atoms with Gasteiger partial charge in [-0.3, -0.25) is 4.79 Å². The molecule has 0 spiro atoms. The second kappa shape index (κ2) is 9.89. The molecule has 0 unspecified atom stereocenters. The minimum Gasteiger partial charge on any atom is -0.496 e. The predicted molar refractivity (Wildman–Crippen MR) is 80.7 cm³/mol. The van der Waals surface area contributed by atoms with Crippen LogP contribution >= 0.6 is 24.0 Å². The molecule has 4 nitrogen and oxygen atoms in total. The monoisotopic (exact) mass is 306 g/mol. The number of hydrogen-bond acceptors (Lipinski definition) is 3. The molecule has 19 heavy (non-hydrogen) atoms. The van der Waals surface area contributed by atoms with Crippen LogP contribution in [0.2, 0.25) is 5.02 Å². The highest BCUT2D eigenvalue weighted by Crippen LogP contribution is 2.22. The van der Waals surface area contributed by atoms with Gasteiger partial charge in [0.1, 0.15) is 5.75 Å². The van der Waals surface area contributed by atoms with Crippen LogP contribution < -0.4 is 15.4 Å². The molecule has 0 aliphatic rings. The first kappa shape index (κ1) is 18.0. The summed E-state index contributed by atoms with van der Waals surface area (Å²) in [5.41, 5.74) is 0.459. The minimum atomic E-state index is -0.173. The number of ether oxygens (including phenoxy) is 1. The highest BCUT2D eigenvalue weighted by atomic mass is 35.5. The van der Waals surface area contributed by atoms with Gasteiger partial charge in [0.25, 0.3) is 5.91 Å². The number of nitrogens with one attached hydrogen (secondary N) is 2. The molecular weight excluding hydrogens is 287 g/mol. The molecule has 0 saturated heterocycles. The van der Waals surface area contributed by atoms with Gasteiger partial charge >= 0.3 is 0 Å². The highest BCUT2D eigenvalue weighted by molar-refractivity contribution is 6.31. The van der Waals surface area contributed by atoms with Crippen molar-refractivity contribution in [2.24, 2.45) is 0 Å². The average Bonchev–Trinajstić information content (AvgIpc) is 2.38. The van der Waals surface area contributed by atoms with Crippen LogP contribution in [0.5, 0.6) is 5.75 Å². The lowest BCUT2D eigenvalue weighted by Crippen LogP contribution is -2.32. The summed E-state index contributed by atoms with van der Waals surface area (Å²) >= 11 is 5.87. The molecule has 0 radical (unpaired) electrons. The summed E-state index contributed by atoms with van der Waals surface area (Å²) in [4.78, 5) is 11.9. The maximum atomic E-state index is 11.9. The largest absolute Gasteiger partial charge is 0.496 e. The number of carbonyl (C=O) groups excluding carboxylic acids is 1. The zero-order valence-corrected chi connectivity index (χ0v) is 12.7. The molecule has 0 aliphatic carbocycles. The van der Waals surface area contributed by atoms with E-state index in [0.29, 0.717) is 22.9 Å². The quantitative estimate of drug-likeness (QED) is 0.761. The Morgan fingerprint density at radius 2 is 2.05 bits per heavy atom. The van der Waals surface area contributed by atoms with Gasteiger partial charge in [-0.1, -0.05) is 18.5 Å². The Hall–Kier alpha value is -0.970. The van der Waals surface area contributed by atoms with Crippen LogP contribution in [-0.4, -0.2) is 32.7 Å². The third kappa shape index (κ3) is 6.14.